The number of ether oxygens (including phenoxy) is 1. The van der Waals surface area contributed by atoms with Crippen molar-refractivity contribution in [3.05, 3.63) is 64.8 Å². The average molecular weight is 326 g/mol. The van der Waals surface area contributed by atoms with E-state index >= 15 is 0 Å². The van der Waals surface area contributed by atoms with Crippen LogP contribution in [0.3, 0.4) is 0 Å². The number of nitrogens with one attached hydrogen (secondary N) is 1. The summed E-state index contributed by atoms with van der Waals surface area (Å²) in [5.41, 5.74) is 2.00. The van der Waals surface area contributed by atoms with E-state index in [1.807, 2.05) is 24.3 Å². The van der Waals surface area contributed by atoms with Gasteiger partial charge < -0.3 is 4.74 Å². The second kappa shape index (κ2) is 5.48. The van der Waals surface area contributed by atoms with E-state index in [1.165, 1.54) is 29.5 Å². The topological polar surface area (TPSA) is 51.2 Å². The molecule has 2 heterocycles. The predicted molar refractivity (Wildman–Crippen MR) is 86.2 cm³/mol. The molecule has 0 aliphatic carbocycles. The van der Waals surface area contributed by atoms with Crippen molar-refractivity contribution in [2.24, 2.45) is 0 Å². The number of anilines is 1. The minimum Gasteiger partial charge on any atom is -0.487 e. The molecule has 0 saturated carbocycles. The Morgan fingerprint density at radius 2 is 2.09 bits per heavy atom. The molecule has 0 radical (unpaired) electrons. The molecule has 4 nitrogen and oxygen atoms in total. The van der Waals surface area contributed by atoms with Gasteiger partial charge in [-0.3, -0.25) is 10.1 Å². The van der Waals surface area contributed by atoms with E-state index < -0.39 is 5.82 Å². The SMILES string of the molecule is O=C(Nc1nc2c(s1)COc1ccccc1-2)c1cccc(F)c1. The lowest BCUT2D eigenvalue weighted by atomic mass is 10.1. The summed E-state index contributed by atoms with van der Waals surface area (Å²) in [6, 6.07) is 13.2. The molecule has 2 aromatic carbocycles. The number of hydrogen-bond donors (Lipinski definition) is 1. The molecule has 1 aliphatic rings. The van der Waals surface area contributed by atoms with Crippen molar-refractivity contribution in [2.75, 3.05) is 5.32 Å². The summed E-state index contributed by atoms with van der Waals surface area (Å²) >= 11 is 1.36. The fourth-order valence-corrected chi connectivity index (χ4v) is 3.33. The number of rotatable bonds is 2. The second-order valence-corrected chi connectivity index (χ2v) is 6.12. The molecule has 0 fully saturated rings. The molecular weight excluding hydrogens is 315 g/mol. The lowest BCUT2D eigenvalue weighted by molar-refractivity contribution is 0.102. The normalized spacial score (nSPS) is 12.0. The minimum atomic E-state index is -0.446. The number of carbonyl (C=O) groups excluding carboxylic acids is 1. The van der Waals surface area contributed by atoms with Crippen LogP contribution in [0.5, 0.6) is 5.75 Å². The molecule has 0 spiro atoms. The van der Waals surface area contributed by atoms with Gasteiger partial charge in [0.25, 0.3) is 5.91 Å². The first-order valence-corrected chi connectivity index (χ1v) is 7.81. The molecular formula is C17H11FN2O2S. The van der Waals surface area contributed by atoms with Gasteiger partial charge >= 0.3 is 0 Å². The Bertz CT molecular complexity index is 907. The first-order chi connectivity index (χ1) is 11.2. The van der Waals surface area contributed by atoms with Gasteiger partial charge in [-0.25, -0.2) is 9.37 Å². The van der Waals surface area contributed by atoms with Crippen LogP contribution in [-0.2, 0) is 6.61 Å². The molecule has 0 saturated heterocycles. The number of para-hydroxylation sites is 1. The van der Waals surface area contributed by atoms with Crippen molar-refractivity contribution in [3.8, 4) is 17.0 Å². The second-order valence-electron chi connectivity index (χ2n) is 5.04. The summed E-state index contributed by atoms with van der Waals surface area (Å²) < 4.78 is 18.9. The summed E-state index contributed by atoms with van der Waals surface area (Å²) in [5, 5.41) is 3.20. The molecule has 0 atom stereocenters. The Morgan fingerprint density at radius 3 is 2.96 bits per heavy atom. The summed E-state index contributed by atoms with van der Waals surface area (Å²) in [5.74, 6) is -0.0449. The highest BCUT2D eigenvalue weighted by atomic mass is 32.1. The van der Waals surface area contributed by atoms with Crippen LogP contribution in [0.2, 0.25) is 0 Å². The number of carbonyl (C=O) groups is 1. The number of amides is 1. The van der Waals surface area contributed by atoms with Gasteiger partial charge in [0, 0.05) is 11.1 Å². The third-order valence-electron chi connectivity index (χ3n) is 3.51. The zero-order valence-corrected chi connectivity index (χ0v) is 12.7. The first kappa shape index (κ1) is 13.9. The van der Waals surface area contributed by atoms with Crippen LogP contribution in [0, 0.1) is 5.82 Å². The number of nitrogens with zero attached hydrogens (tertiary/aromatic N) is 1. The molecule has 23 heavy (non-hydrogen) atoms. The van der Waals surface area contributed by atoms with Crippen LogP contribution in [0.1, 0.15) is 15.2 Å². The maximum Gasteiger partial charge on any atom is 0.257 e. The quantitative estimate of drug-likeness (QED) is 0.771. The summed E-state index contributed by atoms with van der Waals surface area (Å²) in [6.45, 7) is 0.430. The fraction of sp³-hybridized carbons (Fsp3) is 0.0588. The Labute approximate surface area is 135 Å². The molecule has 1 aliphatic heterocycles. The largest absolute Gasteiger partial charge is 0.487 e. The molecule has 4 rings (SSSR count). The highest BCUT2D eigenvalue weighted by molar-refractivity contribution is 7.16. The van der Waals surface area contributed by atoms with E-state index in [2.05, 4.69) is 10.3 Å². The maximum atomic E-state index is 13.2. The van der Waals surface area contributed by atoms with Crippen LogP contribution < -0.4 is 10.1 Å². The van der Waals surface area contributed by atoms with E-state index in [4.69, 9.17) is 4.74 Å². The Kier molecular flexibility index (Phi) is 3.31. The van der Waals surface area contributed by atoms with Crippen LogP contribution in [0.25, 0.3) is 11.3 Å². The zero-order valence-electron chi connectivity index (χ0n) is 11.9. The predicted octanol–water partition coefficient (Wildman–Crippen LogP) is 4.09. The van der Waals surface area contributed by atoms with E-state index in [0.717, 1.165) is 21.9 Å². The number of fused-ring (bicyclic) bond motifs is 3. The molecule has 114 valence electrons. The van der Waals surface area contributed by atoms with Gasteiger partial charge in [0.2, 0.25) is 0 Å². The van der Waals surface area contributed by atoms with E-state index in [1.54, 1.807) is 6.07 Å². The third kappa shape index (κ3) is 2.57. The van der Waals surface area contributed by atoms with Crippen LogP contribution >= 0.6 is 11.3 Å². The summed E-state index contributed by atoms with van der Waals surface area (Å²) in [6.07, 6.45) is 0. The van der Waals surface area contributed by atoms with Gasteiger partial charge in [-0.05, 0) is 30.3 Å². The molecule has 0 unspecified atom stereocenters. The standard InChI is InChI=1S/C17H11FN2O2S/c18-11-5-3-4-10(8-11)16(21)20-17-19-15-12-6-1-2-7-13(12)22-9-14(15)23-17/h1-8H,9H2,(H,19,20,21). The fourth-order valence-electron chi connectivity index (χ4n) is 2.44. The number of aromatic nitrogens is 1. The van der Waals surface area contributed by atoms with Crippen molar-refractivity contribution >= 4 is 22.4 Å². The molecule has 3 aromatic rings. The van der Waals surface area contributed by atoms with Gasteiger partial charge in [-0.1, -0.05) is 29.5 Å². The number of thiazole rings is 1. The molecule has 6 heteroatoms. The van der Waals surface area contributed by atoms with Gasteiger partial charge in [-0.2, -0.15) is 0 Å². The van der Waals surface area contributed by atoms with Crippen LogP contribution in [0.15, 0.2) is 48.5 Å². The maximum absolute atomic E-state index is 13.2. The van der Waals surface area contributed by atoms with Crippen molar-refractivity contribution in [3.63, 3.8) is 0 Å². The highest BCUT2D eigenvalue weighted by Gasteiger charge is 2.22. The third-order valence-corrected chi connectivity index (χ3v) is 4.45. The summed E-state index contributed by atoms with van der Waals surface area (Å²) in [4.78, 5) is 17.6. The van der Waals surface area contributed by atoms with Gasteiger partial charge in [0.15, 0.2) is 5.13 Å². The minimum absolute atomic E-state index is 0.259. The van der Waals surface area contributed by atoms with Crippen molar-refractivity contribution in [1.82, 2.24) is 4.98 Å². The Morgan fingerprint density at radius 1 is 1.22 bits per heavy atom. The number of halogens is 1. The van der Waals surface area contributed by atoms with Gasteiger partial charge in [0.05, 0.1) is 10.6 Å². The van der Waals surface area contributed by atoms with Gasteiger partial charge in [0.1, 0.15) is 18.2 Å². The summed E-state index contributed by atoms with van der Waals surface area (Å²) in [7, 11) is 0. The Balaban J connectivity index is 1.63. The molecule has 0 bridgehead atoms. The number of hydrogen-bond acceptors (Lipinski definition) is 4. The van der Waals surface area contributed by atoms with Crippen LogP contribution in [0.4, 0.5) is 9.52 Å². The Hall–Kier alpha value is -2.73. The lowest BCUT2D eigenvalue weighted by Gasteiger charge is -2.15. The first-order valence-electron chi connectivity index (χ1n) is 6.99. The lowest BCUT2D eigenvalue weighted by Crippen LogP contribution is -2.11. The average Bonchev–Trinajstić information content (AvgIpc) is 2.97. The monoisotopic (exact) mass is 326 g/mol. The van der Waals surface area contributed by atoms with Crippen LogP contribution in [-0.4, -0.2) is 10.9 Å². The van der Waals surface area contributed by atoms with E-state index in [9.17, 15) is 9.18 Å². The molecule has 1 aromatic heterocycles. The van der Waals surface area contributed by atoms with Crippen molar-refractivity contribution in [2.45, 2.75) is 6.61 Å². The molecule has 1 N–H and O–H groups in total. The van der Waals surface area contributed by atoms with E-state index in [-0.39, 0.29) is 11.5 Å². The highest BCUT2D eigenvalue weighted by Crippen LogP contribution is 2.40. The van der Waals surface area contributed by atoms with Crippen molar-refractivity contribution in [1.29, 1.82) is 0 Å². The zero-order chi connectivity index (χ0) is 15.8. The molecule has 1 amide bonds. The smallest absolute Gasteiger partial charge is 0.257 e. The van der Waals surface area contributed by atoms with E-state index in [0.29, 0.717) is 11.7 Å². The van der Waals surface area contributed by atoms with Crippen molar-refractivity contribution < 1.29 is 13.9 Å². The number of benzene rings is 2. The van der Waals surface area contributed by atoms with Gasteiger partial charge in [-0.15, -0.1) is 0 Å².